The van der Waals surface area contributed by atoms with Crippen molar-refractivity contribution < 1.29 is 0 Å². The first-order valence-electron chi connectivity index (χ1n) is 6.63. The van der Waals surface area contributed by atoms with Crippen molar-refractivity contribution in [2.24, 2.45) is 0 Å². The molecule has 1 unspecified atom stereocenters. The fourth-order valence-corrected chi connectivity index (χ4v) is 2.58. The van der Waals surface area contributed by atoms with Crippen LogP contribution in [0.3, 0.4) is 0 Å². The summed E-state index contributed by atoms with van der Waals surface area (Å²) in [6, 6.07) is 9.17. The van der Waals surface area contributed by atoms with Crippen LogP contribution in [0.2, 0.25) is 0 Å². The van der Waals surface area contributed by atoms with Crippen LogP contribution >= 0.6 is 0 Å². The largest absolute Gasteiger partial charge is 0.310 e. The number of nitrogens with one attached hydrogen (secondary N) is 1. The zero-order valence-electron chi connectivity index (χ0n) is 10.5. The van der Waals surface area contributed by atoms with E-state index in [9.17, 15) is 0 Å². The smallest absolute Gasteiger partial charge is 0.0346 e. The lowest BCUT2D eigenvalue weighted by molar-refractivity contribution is 0.475. The number of pyridine rings is 1. The van der Waals surface area contributed by atoms with Gasteiger partial charge in [0.15, 0.2) is 0 Å². The van der Waals surface area contributed by atoms with E-state index in [1.807, 2.05) is 12.4 Å². The molecular formula is C16H18N2. The summed E-state index contributed by atoms with van der Waals surface area (Å²) in [4.78, 5) is 4.17. The Bertz CT molecular complexity index is 555. The predicted octanol–water partition coefficient (Wildman–Crippen LogP) is 3.43. The van der Waals surface area contributed by atoms with Gasteiger partial charge in [-0.3, -0.25) is 4.98 Å². The van der Waals surface area contributed by atoms with Gasteiger partial charge in [0, 0.05) is 30.4 Å². The quantitative estimate of drug-likeness (QED) is 0.829. The molecular weight excluding hydrogens is 220 g/mol. The minimum atomic E-state index is 0.632. The third kappa shape index (κ3) is 2.44. The zero-order valence-corrected chi connectivity index (χ0v) is 10.5. The Morgan fingerprint density at radius 2 is 2.22 bits per heavy atom. The summed E-state index contributed by atoms with van der Waals surface area (Å²) in [7, 11) is 0. The Morgan fingerprint density at radius 1 is 1.22 bits per heavy atom. The Labute approximate surface area is 108 Å². The summed E-state index contributed by atoms with van der Waals surface area (Å²) in [6.07, 6.45) is 12.0. The number of hydrogen-bond acceptors (Lipinski definition) is 2. The van der Waals surface area contributed by atoms with Gasteiger partial charge in [0.1, 0.15) is 0 Å². The summed E-state index contributed by atoms with van der Waals surface area (Å²) in [6.45, 7) is 0.944. The van der Waals surface area contributed by atoms with E-state index >= 15 is 0 Å². The second-order valence-electron chi connectivity index (χ2n) is 4.88. The number of hydrogen-bond donors (Lipinski definition) is 1. The van der Waals surface area contributed by atoms with Crippen molar-refractivity contribution in [1.82, 2.24) is 10.3 Å². The van der Waals surface area contributed by atoms with Crippen LogP contribution in [-0.4, -0.2) is 11.0 Å². The lowest BCUT2D eigenvalue weighted by Gasteiger charge is -2.19. The molecule has 1 aliphatic carbocycles. The predicted molar refractivity (Wildman–Crippen MR) is 75.4 cm³/mol. The van der Waals surface area contributed by atoms with Crippen molar-refractivity contribution in [2.45, 2.75) is 31.8 Å². The summed E-state index contributed by atoms with van der Waals surface area (Å²) in [5, 5.41) is 6.19. The second kappa shape index (κ2) is 5.32. The summed E-state index contributed by atoms with van der Waals surface area (Å²) in [5.41, 5.74) is 1.37. The van der Waals surface area contributed by atoms with Crippen LogP contribution in [0.25, 0.3) is 10.8 Å². The summed E-state index contributed by atoms with van der Waals surface area (Å²) >= 11 is 0. The highest BCUT2D eigenvalue weighted by molar-refractivity contribution is 5.84. The lowest BCUT2D eigenvalue weighted by Crippen LogP contribution is -2.29. The minimum Gasteiger partial charge on any atom is -0.310 e. The molecule has 2 aromatic rings. The molecule has 0 fully saturated rings. The molecule has 0 saturated heterocycles. The maximum atomic E-state index is 4.17. The number of fused-ring (bicyclic) bond motifs is 1. The minimum absolute atomic E-state index is 0.632. The van der Waals surface area contributed by atoms with E-state index in [0.29, 0.717) is 6.04 Å². The van der Waals surface area contributed by atoms with Gasteiger partial charge in [-0.15, -0.1) is 0 Å². The average Bonchev–Trinajstić information content (AvgIpc) is 2.46. The van der Waals surface area contributed by atoms with Crippen LogP contribution in [0.1, 0.15) is 24.8 Å². The normalized spacial score (nSPS) is 19.2. The molecule has 1 atom stereocenters. The molecule has 92 valence electrons. The number of nitrogens with zero attached hydrogens (tertiary/aromatic N) is 1. The molecule has 0 saturated carbocycles. The Balaban J connectivity index is 1.76. The Morgan fingerprint density at radius 3 is 3.11 bits per heavy atom. The Hall–Kier alpha value is -1.67. The van der Waals surface area contributed by atoms with Crippen LogP contribution in [0, 0.1) is 0 Å². The molecule has 1 N–H and O–H groups in total. The number of benzene rings is 1. The van der Waals surface area contributed by atoms with Gasteiger partial charge < -0.3 is 5.32 Å². The number of rotatable bonds is 3. The molecule has 0 bridgehead atoms. The van der Waals surface area contributed by atoms with E-state index in [0.717, 1.165) is 13.0 Å². The summed E-state index contributed by atoms with van der Waals surface area (Å²) in [5.74, 6) is 0. The topological polar surface area (TPSA) is 24.9 Å². The SMILES string of the molecule is C1=CCC(NCc2cccc3cnccc23)CC1. The van der Waals surface area contributed by atoms with Crippen molar-refractivity contribution >= 4 is 10.8 Å². The molecule has 0 radical (unpaired) electrons. The van der Waals surface area contributed by atoms with Gasteiger partial charge in [-0.2, -0.15) is 0 Å². The van der Waals surface area contributed by atoms with Gasteiger partial charge >= 0.3 is 0 Å². The maximum absolute atomic E-state index is 4.17. The van der Waals surface area contributed by atoms with Crippen LogP contribution in [-0.2, 0) is 6.54 Å². The first-order chi connectivity index (χ1) is 8.93. The van der Waals surface area contributed by atoms with Gasteiger partial charge in [0.05, 0.1) is 0 Å². The molecule has 1 aromatic heterocycles. The number of aromatic nitrogens is 1. The highest BCUT2D eigenvalue weighted by atomic mass is 14.9. The van der Waals surface area contributed by atoms with E-state index in [-0.39, 0.29) is 0 Å². The first kappa shape index (κ1) is 11.4. The van der Waals surface area contributed by atoms with Gasteiger partial charge in [-0.25, -0.2) is 0 Å². The van der Waals surface area contributed by atoms with E-state index in [1.165, 1.54) is 29.2 Å². The average molecular weight is 238 g/mol. The summed E-state index contributed by atoms with van der Waals surface area (Å²) < 4.78 is 0. The van der Waals surface area contributed by atoms with Gasteiger partial charge in [0.25, 0.3) is 0 Å². The van der Waals surface area contributed by atoms with Crippen molar-refractivity contribution in [3.05, 3.63) is 54.4 Å². The van der Waals surface area contributed by atoms with Gasteiger partial charge in [-0.05, 0) is 36.3 Å². The monoisotopic (exact) mass is 238 g/mol. The third-order valence-electron chi connectivity index (χ3n) is 3.62. The van der Waals surface area contributed by atoms with Crippen LogP contribution in [0.5, 0.6) is 0 Å². The van der Waals surface area contributed by atoms with Gasteiger partial charge in [-0.1, -0.05) is 30.4 Å². The molecule has 18 heavy (non-hydrogen) atoms. The molecule has 1 heterocycles. The highest BCUT2D eigenvalue weighted by Crippen LogP contribution is 2.18. The number of allylic oxidation sites excluding steroid dienone is 1. The fourth-order valence-electron chi connectivity index (χ4n) is 2.58. The van der Waals surface area contributed by atoms with Crippen LogP contribution in [0.15, 0.2) is 48.8 Å². The fraction of sp³-hybridized carbons (Fsp3) is 0.312. The van der Waals surface area contributed by atoms with Crippen LogP contribution in [0.4, 0.5) is 0 Å². The highest BCUT2D eigenvalue weighted by Gasteiger charge is 2.09. The maximum Gasteiger partial charge on any atom is 0.0346 e. The molecule has 2 heteroatoms. The lowest BCUT2D eigenvalue weighted by atomic mass is 10.0. The molecule has 1 aliphatic rings. The van der Waals surface area contributed by atoms with E-state index in [2.05, 4.69) is 46.7 Å². The second-order valence-corrected chi connectivity index (χ2v) is 4.88. The first-order valence-corrected chi connectivity index (χ1v) is 6.63. The molecule has 2 nitrogen and oxygen atoms in total. The zero-order chi connectivity index (χ0) is 12.2. The molecule has 0 aliphatic heterocycles. The van der Waals surface area contributed by atoms with Crippen molar-refractivity contribution in [2.75, 3.05) is 0 Å². The van der Waals surface area contributed by atoms with Crippen molar-refractivity contribution in [3.63, 3.8) is 0 Å². The van der Waals surface area contributed by atoms with E-state index in [1.54, 1.807) is 0 Å². The molecule has 0 amide bonds. The molecule has 0 spiro atoms. The van der Waals surface area contributed by atoms with Crippen molar-refractivity contribution in [3.8, 4) is 0 Å². The van der Waals surface area contributed by atoms with E-state index < -0.39 is 0 Å². The Kier molecular flexibility index (Phi) is 3.37. The molecule has 3 rings (SSSR count). The van der Waals surface area contributed by atoms with Gasteiger partial charge in [0.2, 0.25) is 0 Å². The third-order valence-corrected chi connectivity index (χ3v) is 3.62. The van der Waals surface area contributed by atoms with Crippen molar-refractivity contribution in [1.29, 1.82) is 0 Å². The van der Waals surface area contributed by atoms with Crippen LogP contribution < -0.4 is 5.32 Å². The standard InChI is InChI=1S/C16H18N2/c1-2-7-15(8-3-1)18-12-14-6-4-5-13-11-17-10-9-16(13)14/h1-2,4-6,9-11,15,18H,3,7-8,12H2. The molecule has 1 aromatic carbocycles. The van der Waals surface area contributed by atoms with E-state index in [4.69, 9.17) is 0 Å².